The van der Waals surface area contributed by atoms with Crippen molar-refractivity contribution in [2.75, 3.05) is 32.7 Å². The predicted octanol–water partition coefficient (Wildman–Crippen LogP) is 1.71. The van der Waals surface area contributed by atoms with Crippen LogP contribution in [0.3, 0.4) is 0 Å². The normalized spacial score (nSPS) is 17.0. The fraction of sp³-hybridized carbons (Fsp3) is 0.500. The van der Waals surface area contributed by atoms with Crippen LogP contribution in [0.5, 0.6) is 0 Å². The van der Waals surface area contributed by atoms with Gasteiger partial charge in [0, 0.05) is 50.7 Å². The molecular formula is C18H25N3O2. The number of carbonyl (C=O) groups excluding carboxylic acids is 1. The molecule has 3 rings (SSSR count). The molecule has 0 spiro atoms. The van der Waals surface area contributed by atoms with Gasteiger partial charge >= 0.3 is 0 Å². The summed E-state index contributed by atoms with van der Waals surface area (Å²) in [6, 6.07) is 10.0. The summed E-state index contributed by atoms with van der Waals surface area (Å²) < 4.78 is 1.97. The van der Waals surface area contributed by atoms with Gasteiger partial charge in [0.2, 0.25) is 0 Å². The van der Waals surface area contributed by atoms with Crippen LogP contribution in [0.2, 0.25) is 0 Å². The van der Waals surface area contributed by atoms with Crippen molar-refractivity contribution in [3.8, 4) is 0 Å². The molecule has 1 saturated heterocycles. The Hall–Kier alpha value is -1.85. The summed E-state index contributed by atoms with van der Waals surface area (Å²) in [6.07, 6.45) is 0. The Morgan fingerprint density at radius 2 is 1.83 bits per heavy atom. The molecule has 124 valence electrons. The average Bonchev–Trinajstić information content (AvgIpc) is 2.83. The zero-order valence-electron chi connectivity index (χ0n) is 14.1. The SMILES string of the molecule is Cn1c(C(=O)N2CCN(CC(C)(C)O)CC2)cc2ccccc21. The van der Waals surface area contributed by atoms with E-state index in [4.69, 9.17) is 0 Å². The lowest BCUT2D eigenvalue weighted by molar-refractivity contribution is 0.0176. The van der Waals surface area contributed by atoms with Gasteiger partial charge in [-0.2, -0.15) is 0 Å². The molecule has 1 N–H and O–H groups in total. The summed E-state index contributed by atoms with van der Waals surface area (Å²) in [5, 5.41) is 11.0. The van der Waals surface area contributed by atoms with E-state index in [9.17, 15) is 9.90 Å². The van der Waals surface area contributed by atoms with Gasteiger partial charge in [0.05, 0.1) is 5.60 Å². The summed E-state index contributed by atoms with van der Waals surface area (Å²) in [5.74, 6) is 0.0895. The average molecular weight is 315 g/mol. The second kappa shape index (κ2) is 5.98. The van der Waals surface area contributed by atoms with Crippen molar-refractivity contribution in [1.82, 2.24) is 14.4 Å². The Balaban J connectivity index is 1.70. The lowest BCUT2D eigenvalue weighted by atomic mass is 10.1. The standard InChI is InChI=1S/C18H25N3O2/c1-18(2,23)13-20-8-10-21(11-9-20)17(22)16-12-14-6-4-5-7-15(14)19(16)3/h4-7,12,23H,8-11,13H2,1-3H3. The molecule has 5 heteroatoms. The van der Waals surface area contributed by atoms with Crippen LogP contribution in [-0.4, -0.2) is 63.7 Å². The molecule has 1 aromatic heterocycles. The minimum absolute atomic E-state index is 0.0895. The van der Waals surface area contributed by atoms with Crippen LogP contribution < -0.4 is 0 Å². The van der Waals surface area contributed by atoms with Crippen molar-refractivity contribution in [3.05, 3.63) is 36.0 Å². The fourth-order valence-electron chi connectivity index (χ4n) is 3.31. The number of rotatable bonds is 3. The van der Waals surface area contributed by atoms with E-state index in [0.717, 1.165) is 29.7 Å². The van der Waals surface area contributed by atoms with E-state index < -0.39 is 5.60 Å². The molecule has 2 aromatic rings. The van der Waals surface area contributed by atoms with Gasteiger partial charge in [0.1, 0.15) is 5.69 Å². The highest BCUT2D eigenvalue weighted by atomic mass is 16.3. The molecule has 1 fully saturated rings. The summed E-state index contributed by atoms with van der Waals surface area (Å²) >= 11 is 0. The molecule has 2 heterocycles. The number of benzene rings is 1. The van der Waals surface area contributed by atoms with Gasteiger partial charge in [-0.3, -0.25) is 9.69 Å². The monoisotopic (exact) mass is 315 g/mol. The van der Waals surface area contributed by atoms with E-state index in [1.54, 1.807) is 0 Å². The first-order chi connectivity index (χ1) is 10.8. The van der Waals surface area contributed by atoms with Gasteiger partial charge in [0.15, 0.2) is 0 Å². The van der Waals surface area contributed by atoms with Crippen molar-refractivity contribution in [3.63, 3.8) is 0 Å². The summed E-state index contributed by atoms with van der Waals surface area (Å²) in [5.41, 5.74) is 1.13. The number of hydrogen-bond donors (Lipinski definition) is 1. The molecular weight excluding hydrogens is 290 g/mol. The van der Waals surface area contributed by atoms with Crippen LogP contribution in [-0.2, 0) is 7.05 Å². The number of nitrogens with zero attached hydrogens (tertiary/aromatic N) is 3. The molecule has 0 bridgehead atoms. The zero-order chi connectivity index (χ0) is 16.6. The van der Waals surface area contributed by atoms with Crippen LogP contribution in [0.1, 0.15) is 24.3 Å². The van der Waals surface area contributed by atoms with Crippen molar-refractivity contribution in [1.29, 1.82) is 0 Å². The van der Waals surface area contributed by atoms with Crippen LogP contribution in [0, 0.1) is 0 Å². The van der Waals surface area contributed by atoms with Crippen LogP contribution in [0.15, 0.2) is 30.3 Å². The second-order valence-electron chi connectivity index (χ2n) is 7.03. The Bertz CT molecular complexity index is 707. The molecule has 23 heavy (non-hydrogen) atoms. The van der Waals surface area contributed by atoms with Crippen molar-refractivity contribution < 1.29 is 9.90 Å². The summed E-state index contributed by atoms with van der Waals surface area (Å²) in [7, 11) is 1.94. The molecule has 5 nitrogen and oxygen atoms in total. The smallest absolute Gasteiger partial charge is 0.270 e. The molecule has 0 unspecified atom stereocenters. The number of para-hydroxylation sites is 1. The number of aromatic nitrogens is 1. The van der Waals surface area contributed by atoms with E-state index >= 15 is 0 Å². The minimum Gasteiger partial charge on any atom is -0.389 e. The highest BCUT2D eigenvalue weighted by molar-refractivity contribution is 5.98. The van der Waals surface area contributed by atoms with Crippen LogP contribution in [0.4, 0.5) is 0 Å². The number of hydrogen-bond acceptors (Lipinski definition) is 3. The predicted molar refractivity (Wildman–Crippen MR) is 91.6 cm³/mol. The van der Waals surface area contributed by atoms with Gasteiger partial charge in [-0.05, 0) is 26.0 Å². The number of carbonyl (C=O) groups is 1. The molecule has 1 aliphatic heterocycles. The number of fused-ring (bicyclic) bond motifs is 1. The second-order valence-corrected chi connectivity index (χ2v) is 7.03. The molecule has 1 aliphatic rings. The Morgan fingerprint density at radius 3 is 2.43 bits per heavy atom. The van der Waals surface area contributed by atoms with Gasteiger partial charge < -0.3 is 14.6 Å². The maximum absolute atomic E-state index is 12.8. The number of aryl methyl sites for hydroxylation is 1. The van der Waals surface area contributed by atoms with Crippen LogP contribution in [0.25, 0.3) is 10.9 Å². The Labute approximate surface area is 137 Å². The Kier molecular flexibility index (Phi) is 4.17. The van der Waals surface area contributed by atoms with Gasteiger partial charge in [-0.15, -0.1) is 0 Å². The van der Waals surface area contributed by atoms with Gasteiger partial charge in [-0.1, -0.05) is 18.2 Å². The largest absolute Gasteiger partial charge is 0.389 e. The van der Waals surface area contributed by atoms with Crippen molar-refractivity contribution in [2.24, 2.45) is 7.05 Å². The molecule has 0 aliphatic carbocycles. The maximum atomic E-state index is 12.8. The number of β-amino-alcohol motifs (C(OH)–C–C–N with tert-alkyl or cyclic N) is 1. The van der Waals surface area contributed by atoms with Gasteiger partial charge in [0.25, 0.3) is 5.91 Å². The number of aliphatic hydroxyl groups is 1. The van der Waals surface area contributed by atoms with E-state index in [1.807, 2.05) is 60.7 Å². The van der Waals surface area contributed by atoms with Crippen molar-refractivity contribution in [2.45, 2.75) is 19.4 Å². The zero-order valence-corrected chi connectivity index (χ0v) is 14.1. The van der Waals surface area contributed by atoms with E-state index in [1.165, 1.54) is 0 Å². The first kappa shape index (κ1) is 16.0. The third kappa shape index (κ3) is 3.41. The summed E-state index contributed by atoms with van der Waals surface area (Å²) in [4.78, 5) is 16.9. The van der Waals surface area contributed by atoms with Crippen LogP contribution >= 0.6 is 0 Å². The van der Waals surface area contributed by atoms with E-state index in [2.05, 4.69) is 4.90 Å². The maximum Gasteiger partial charge on any atom is 0.270 e. The fourth-order valence-corrected chi connectivity index (χ4v) is 3.31. The minimum atomic E-state index is -0.692. The first-order valence-electron chi connectivity index (χ1n) is 8.14. The Morgan fingerprint density at radius 1 is 1.17 bits per heavy atom. The number of amides is 1. The molecule has 0 saturated carbocycles. The first-order valence-corrected chi connectivity index (χ1v) is 8.14. The molecule has 0 radical (unpaired) electrons. The highest BCUT2D eigenvalue weighted by Gasteiger charge is 2.26. The highest BCUT2D eigenvalue weighted by Crippen LogP contribution is 2.20. The van der Waals surface area contributed by atoms with Gasteiger partial charge in [-0.25, -0.2) is 0 Å². The van der Waals surface area contributed by atoms with Crippen molar-refractivity contribution >= 4 is 16.8 Å². The molecule has 1 aromatic carbocycles. The third-order valence-corrected chi connectivity index (χ3v) is 4.44. The number of piperazine rings is 1. The summed E-state index contributed by atoms with van der Waals surface area (Å²) in [6.45, 7) is 7.30. The third-order valence-electron chi connectivity index (χ3n) is 4.44. The van der Waals surface area contributed by atoms with E-state index in [0.29, 0.717) is 19.6 Å². The molecule has 1 amide bonds. The molecule has 0 atom stereocenters. The lowest BCUT2D eigenvalue weighted by Gasteiger charge is -2.37. The topological polar surface area (TPSA) is 48.7 Å². The lowest BCUT2D eigenvalue weighted by Crippen LogP contribution is -2.52. The van der Waals surface area contributed by atoms with E-state index in [-0.39, 0.29) is 5.91 Å². The quantitative estimate of drug-likeness (QED) is 0.938.